The molecular weight excluding hydrogens is 316 g/mol. The average molecular weight is 342 g/mol. The number of carbonyl (C=O) groups excluding carboxylic acids is 3. The maximum Gasteiger partial charge on any atom is 0.245 e. The Morgan fingerprint density at radius 3 is 2.29 bits per heavy atom. The van der Waals surface area contributed by atoms with Crippen LogP contribution in [0.25, 0.3) is 0 Å². The molecule has 1 aliphatic rings. The van der Waals surface area contributed by atoms with Crippen molar-refractivity contribution in [2.75, 3.05) is 19.8 Å². The molecular formula is C16H26N2O6. The highest BCUT2D eigenvalue weighted by atomic mass is 16.6. The van der Waals surface area contributed by atoms with Gasteiger partial charge in [-0.15, -0.1) is 6.58 Å². The van der Waals surface area contributed by atoms with Gasteiger partial charge in [-0.25, -0.2) is 0 Å². The predicted molar refractivity (Wildman–Crippen MR) is 86.1 cm³/mol. The van der Waals surface area contributed by atoms with Gasteiger partial charge in [0.2, 0.25) is 11.8 Å². The van der Waals surface area contributed by atoms with Crippen LogP contribution in [0, 0.1) is 0 Å². The summed E-state index contributed by atoms with van der Waals surface area (Å²) in [5, 5.41) is 23.6. The zero-order chi connectivity index (χ0) is 18.3. The lowest BCUT2D eigenvalue weighted by Gasteiger charge is -2.23. The second-order valence-corrected chi connectivity index (χ2v) is 6.08. The van der Waals surface area contributed by atoms with Gasteiger partial charge in [0.15, 0.2) is 11.4 Å². The van der Waals surface area contributed by atoms with E-state index in [0.717, 1.165) is 0 Å². The van der Waals surface area contributed by atoms with Gasteiger partial charge in [-0.05, 0) is 19.8 Å². The lowest BCUT2D eigenvalue weighted by atomic mass is 9.94. The minimum absolute atomic E-state index is 0.0988. The van der Waals surface area contributed by atoms with Crippen molar-refractivity contribution < 1.29 is 29.3 Å². The largest absolute Gasteiger partial charge is 0.394 e. The van der Waals surface area contributed by atoms with E-state index in [-0.39, 0.29) is 25.4 Å². The van der Waals surface area contributed by atoms with E-state index >= 15 is 0 Å². The van der Waals surface area contributed by atoms with Crippen molar-refractivity contribution in [3.63, 3.8) is 0 Å². The summed E-state index contributed by atoms with van der Waals surface area (Å²) in [5.74, 6) is -1.47. The van der Waals surface area contributed by atoms with E-state index in [9.17, 15) is 24.6 Å². The average Bonchev–Trinajstić information content (AvgIpc) is 3.32. The molecule has 1 aliphatic heterocycles. The predicted octanol–water partition coefficient (Wildman–Crippen LogP) is -0.955. The van der Waals surface area contributed by atoms with Crippen molar-refractivity contribution in [2.24, 2.45) is 0 Å². The number of hydrogen-bond donors (Lipinski definition) is 4. The van der Waals surface area contributed by atoms with Crippen molar-refractivity contribution in [1.29, 1.82) is 0 Å². The topological polar surface area (TPSA) is 128 Å². The third-order valence-corrected chi connectivity index (χ3v) is 3.69. The van der Waals surface area contributed by atoms with Crippen LogP contribution in [0.4, 0.5) is 0 Å². The van der Waals surface area contributed by atoms with Gasteiger partial charge < -0.3 is 25.6 Å². The number of Topliss-reactive ketones (excluding diaryl/α,β-unsaturated/α-hetero) is 1. The van der Waals surface area contributed by atoms with E-state index in [1.807, 2.05) is 6.92 Å². The SMILES string of the molecule is C=C(C)CC(NC(=O)[C@H](CO)NC(=O)CCC)C(=O)C1(CO)CO1. The fraction of sp³-hybridized carbons (Fsp3) is 0.688. The van der Waals surface area contributed by atoms with Gasteiger partial charge in [-0.1, -0.05) is 12.5 Å². The van der Waals surface area contributed by atoms with Crippen LogP contribution >= 0.6 is 0 Å². The van der Waals surface area contributed by atoms with Crippen molar-refractivity contribution >= 4 is 17.6 Å². The standard InChI is InChI=1S/C16H26N2O6/c1-4-5-13(21)17-12(7-19)15(23)18-11(6-10(2)3)14(22)16(8-20)9-24-16/h11-12,19-20H,2,4-9H2,1,3H3,(H,17,21)(H,18,23)/t11?,12-,16?/m0/s1. The molecule has 0 aromatic heterocycles. The van der Waals surface area contributed by atoms with Gasteiger partial charge in [0.1, 0.15) is 6.04 Å². The number of hydrogen-bond acceptors (Lipinski definition) is 6. The van der Waals surface area contributed by atoms with E-state index in [0.29, 0.717) is 12.0 Å². The Kier molecular flexibility index (Phi) is 7.53. The van der Waals surface area contributed by atoms with Crippen LogP contribution in [-0.4, -0.2) is 65.3 Å². The number of epoxide rings is 1. The second kappa shape index (κ2) is 8.91. The van der Waals surface area contributed by atoms with Crippen molar-refractivity contribution in [3.05, 3.63) is 12.2 Å². The van der Waals surface area contributed by atoms with Crippen LogP contribution in [-0.2, 0) is 19.1 Å². The van der Waals surface area contributed by atoms with Gasteiger partial charge in [0.25, 0.3) is 0 Å². The van der Waals surface area contributed by atoms with E-state index in [2.05, 4.69) is 17.2 Å². The van der Waals surface area contributed by atoms with Crippen LogP contribution in [0.1, 0.15) is 33.1 Å². The van der Waals surface area contributed by atoms with Crippen LogP contribution < -0.4 is 10.6 Å². The smallest absolute Gasteiger partial charge is 0.245 e. The van der Waals surface area contributed by atoms with Crippen LogP contribution in [0.15, 0.2) is 12.2 Å². The Balaban J connectivity index is 2.77. The molecule has 4 N–H and O–H groups in total. The molecule has 1 saturated heterocycles. The van der Waals surface area contributed by atoms with E-state index in [1.54, 1.807) is 6.92 Å². The summed E-state index contributed by atoms with van der Waals surface area (Å²) in [6, 6.07) is -2.09. The van der Waals surface area contributed by atoms with E-state index in [1.165, 1.54) is 0 Å². The maximum atomic E-state index is 12.5. The lowest BCUT2D eigenvalue weighted by Crippen LogP contribution is -2.55. The first-order valence-electron chi connectivity index (χ1n) is 7.93. The number of rotatable bonds is 11. The molecule has 8 nitrogen and oxygen atoms in total. The molecule has 0 aliphatic carbocycles. The number of carbonyl (C=O) groups is 3. The second-order valence-electron chi connectivity index (χ2n) is 6.08. The molecule has 1 heterocycles. The van der Waals surface area contributed by atoms with Crippen molar-refractivity contribution in [1.82, 2.24) is 10.6 Å². The summed E-state index contributed by atoms with van der Waals surface area (Å²) in [6.07, 6.45) is 1.02. The Hall–Kier alpha value is -1.77. The summed E-state index contributed by atoms with van der Waals surface area (Å²) in [7, 11) is 0. The molecule has 24 heavy (non-hydrogen) atoms. The molecule has 0 aromatic carbocycles. The maximum absolute atomic E-state index is 12.5. The Morgan fingerprint density at radius 2 is 1.88 bits per heavy atom. The van der Waals surface area contributed by atoms with Crippen LogP contribution in [0.5, 0.6) is 0 Å². The molecule has 0 saturated carbocycles. The fourth-order valence-electron chi connectivity index (χ4n) is 2.23. The van der Waals surface area contributed by atoms with Crippen LogP contribution in [0.2, 0.25) is 0 Å². The van der Waals surface area contributed by atoms with Gasteiger partial charge in [-0.2, -0.15) is 0 Å². The minimum Gasteiger partial charge on any atom is -0.394 e. The van der Waals surface area contributed by atoms with E-state index in [4.69, 9.17) is 4.74 Å². The molecule has 8 heteroatoms. The highest BCUT2D eigenvalue weighted by Gasteiger charge is 2.54. The molecule has 0 aromatic rings. The quantitative estimate of drug-likeness (QED) is 0.283. The highest BCUT2D eigenvalue weighted by molar-refractivity contribution is 5.98. The van der Waals surface area contributed by atoms with Gasteiger partial charge in [0, 0.05) is 6.42 Å². The molecule has 0 radical (unpaired) electrons. The Labute approximate surface area is 141 Å². The Bertz CT molecular complexity index is 501. The molecule has 1 rings (SSSR count). The first kappa shape index (κ1) is 20.3. The Morgan fingerprint density at radius 1 is 1.25 bits per heavy atom. The molecule has 2 amide bonds. The zero-order valence-corrected chi connectivity index (χ0v) is 14.1. The monoisotopic (exact) mass is 342 g/mol. The normalized spacial score (nSPS) is 21.5. The molecule has 1 fully saturated rings. The van der Waals surface area contributed by atoms with Gasteiger partial charge >= 0.3 is 0 Å². The number of nitrogens with one attached hydrogen (secondary N) is 2. The summed E-state index contributed by atoms with van der Waals surface area (Å²) in [6.45, 7) is 6.30. The molecule has 136 valence electrons. The molecule has 3 atom stereocenters. The number of ether oxygens (including phenoxy) is 1. The first-order chi connectivity index (χ1) is 11.3. The van der Waals surface area contributed by atoms with Gasteiger partial charge in [0.05, 0.1) is 25.9 Å². The first-order valence-corrected chi connectivity index (χ1v) is 7.93. The number of aliphatic hydroxyl groups is 2. The van der Waals surface area contributed by atoms with Crippen LogP contribution in [0.3, 0.4) is 0 Å². The number of ketones is 1. The highest BCUT2D eigenvalue weighted by Crippen LogP contribution is 2.29. The third kappa shape index (κ3) is 5.40. The van der Waals surface area contributed by atoms with Crippen molar-refractivity contribution in [2.45, 2.75) is 50.8 Å². The zero-order valence-electron chi connectivity index (χ0n) is 14.1. The summed E-state index contributed by atoms with van der Waals surface area (Å²) in [4.78, 5) is 36.3. The van der Waals surface area contributed by atoms with E-state index < -0.39 is 42.6 Å². The van der Waals surface area contributed by atoms with Crippen molar-refractivity contribution in [3.8, 4) is 0 Å². The summed E-state index contributed by atoms with van der Waals surface area (Å²) >= 11 is 0. The lowest BCUT2D eigenvalue weighted by molar-refractivity contribution is -0.134. The fourth-order valence-corrected chi connectivity index (χ4v) is 2.23. The number of aliphatic hydroxyl groups excluding tert-OH is 2. The third-order valence-electron chi connectivity index (χ3n) is 3.69. The molecule has 2 unspecified atom stereocenters. The van der Waals surface area contributed by atoms with Gasteiger partial charge in [-0.3, -0.25) is 14.4 Å². The summed E-state index contributed by atoms with van der Waals surface area (Å²) < 4.78 is 5.03. The molecule has 0 bridgehead atoms. The minimum atomic E-state index is -1.27. The molecule has 0 spiro atoms. The summed E-state index contributed by atoms with van der Waals surface area (Å²) in [5.41, 5.74) is -0.605. The number of amides is 2.